The number of aryl methyl sites for hydroxylation is 1. The summed E-state index contributed by atoms with van der Waals surface area (Å²) in [5, 5.41) is 7.32. The monoisotopic (exact) mass is 475 g/mol. The van der Waals surface area contributed by atoms with Crippen LogP contribution in [0.25, 0.3) is 6.08 Å². The summed E-state index contributed by atoms with van der Waals surface area (Å²) in [6.07, 6.45) is 1.57. The number of esters is 1. The molecule has 1 atom stereocenters. The lowest BCUT2D eigenvalue weighted by Gasteiger charge is -2.13. The van der Waals surface area contributed by atoms with Gasteiger partial charge in [-0.25, -0.2) is 13.9 Å². The van der Waals surface area contributed by atoms with Crippen LogP contribution in [0.1, 0.15) is 23.7 Å². The molecule has 0 fully saturated rings. The molecule has 2 aromatic carbocycles. The molecule has 0 saturated heterocycles. The number of halogens is 3. The van der Waals surface area contributed by atoms with Crippen molar-refractivity contribution in [1.29, 1.82) is 0 Å². The van der Waals surface area contributed by atoms with Gasteiger partial charge in [0.15, 0.2) is 6.10 Å². The average Bonchev–Trinajstić information content (AvgIpc) is 3.01. The standard InChI is InChI=1S/C23H20Cl2FN3O3/c1-14-18(22(25)29(28-14)13-16-6-4-3-5-7-16)9-11-21(30)32-15(2)23(31)27-20-10-8-17(26)12-19(20)24/h3-12,15H,13H2,1-2H3,(H,27,31)/b11-9+. The summed E-state index contributed by atoms with van der Waals surface area (Å²) in [5.41, 5.74) is 2.47. The van der Waals surface area contributed by atoms with E-state index in [1.54, 1.807) is 11.6 Å². The maximum absolute atomic E-state index is 13.1. The molecule has 1 N–H and O–H groups in total. The maximum atomic E-state index is 13.1. The van der Waals surface area contributed by atoms with E-state index >= 15 is 0 Å². The predicted molar refractivity (Wildman–Crippen MR) is 122 cm³/mol. The van der Waals surface area contributed by atoms with Crippen molar-refractivity contribution in [1.82, 2.24) is 9.78 Å². The van der Waals surface area contributed by atoms with Gasteiger partial charge in [-0.05, 0) is 43.7 Å². The molecule has 6 nitrogen and oxygen atoms in total. The van der Waals surface area contributed by atoms with Crippen LogP contribution in [0.2, 0.25) is 10.2 Å². The largest absolute Gasteiger partial charge is 0.449 e. The van der Waals surface area contributed by atoms with Gasteiger partial charge in [-0.1, -0.05) is 53.5 Å². The third-order valence-electron chi connectivity index (χ3n) is 4.52. The van der Waals surface area contributed by atoms with Crippen molar-refractivity contribution >= 4 is 46.8 Å². The maximum Gasteiger partial charge on any atom is 0.331 e. The second-order valence-electron chi connectivity index (χ2n) is 6.96. The van der Waals surface area contributed by atoms with Crippen LogP contribution in [0, 0.1) is 12.7 Å². The molecule has 1 unspecified atom stereocenters. The minimum Gasteiger partial charge on any atom is -0.449 e. The summed E-state index contributed by atoms with van der Waals surface area (Å²) < 4.78 is 19.9. The molecule has 0 aliphatic heterocycles. The highest BCUT2D eigenvalue weighted by Gasteiger charge is 2.18. The van der Waals surface area contributed by atoms with Crippen molar-refractivity contribution < 1.29 is 18.7 Å². The first-order valence-electron chi connectivity index (χ1n) is 9.66. The minimum atomic E-state index is -1.11. The molecule has 0 aliphatic rings. The Bertz CT molecular complexity index is 1160. The molecular formula is C23H20Cl2FN3O3. The molecule has 0 spiro atoms. The Labute approximate surface area is 194 Å². The smallest absolute Gasteiger partial charge is 0.331 e. The van der Waals surface area contributed by atoms with E-state index in [0.29, 0.717) is 23.0 Å². The molecule has 1 amide bonds. The SMILES string of the molecule is Cc1nn(Cc2ccccc2)c(Cl)c1/C=C/C(=O)OC(C)C(=O)Nc1ccc(F)cc1Cl. The molecule has 3 aromatic rings. The number of anilines is 1. The number of nitrogens with zero attached hydrogens (tertiary/aromatic N) is 2. The van der Waals surface area contributed by atoms with E-state index in [-0.39, 0.29) is 10.7 Å². The first-order chi connectivity index (χ1) is 15.2. The Morgan fingerprint density at radius 2 is 1.94 bits per heavy atom. The van der Waals surface area contributed by atoms with Crippen LogP contribution in [-0.2, 0) is 20.9 Å². The van der Waals surface area contributed by atoms with Crippen molar-refractivity contribution in [3.05, 3.63) is 87.4 Å². The van der Waals surface area contributed by atoms with Gasteiger partial charge in [-0.15, -0.1) is 0 Å². The van der Waals surface area contributed by atoms with Crippen LogP contribution in [-0.4, -0.2) is 27.8 Å². The lowest BCUT2D eigenvalue weighted by atomic mass is 10.2. The molecular weight excluding hydrogens is 456 g/mol. The third kappa shape index (κ3) is 5.96. The average molecular weight is 476 g/mol. The molecule has 166 valence electrons. The number of hydrogen-bond acceptors (Lipinski definition) is 4. The van der Waals surface area contributed by atoms with Crippen LogP contribution in [0.5, 0.6) is 0 Å². The van der Waals surface area contributed by atoms with Gasteiger partial charge in [0, 0.05) is 11.6 Å². The molecule has 0 aliphatic carbocycles. The number of amides is 1. The fraction of sp³-hybridized carbons (Fsp3) is 0.174. The van der Waals surface area contributed by atoms with E-state index in [1.807, 2.05) is 30.3 Å². The number of ether oxygens (including phenoxy) is 1. The van der Waals surface area contributed by atoms with Gasteiger partial charge in [0.1, 0.15) is 11.0 Å². The number of hydrogen-bond donors (Lipinski definition) is 1. The summed E-state index contributed by atoms with van der Waals surface area (Å²) >= 11 is 12.3. The van der Waals surface area contributed by atoms with Gasteiger partial charge in [0.2, 0.25) is 0 Å². The normalized spacial score (nSPS) is 12.0. The van der Waals surface area contributed by atoms with Gasteiger partial charge < -0.3 is 10.1 Å². The summed E-state index contributed by atoms with van der Waals surface area (Å²) in [6.45, 7) is 3.68. The highest BCUT2D eigenvalue weighted by molar-refractivity contribution is 6.33. The molecule has 9 heteroatoms. The minimum absolute atomic E-state index is 0.0365. The zero-order valence-corrected chi connectivity index (χ0v) is 18.8. The fourth-order valence-corrected chi connectivity index (χ4v) is 3.37. The quantitative estimate of drug-likeness (QED) is 0.373. The molecule has 1 heterocycles. The lowest BCUT2D eigenvalue weighted by Crippen LogP contribution is -2.29. The van der Waals surface area contributed by atoms with Crippen LogP contribution in [0.4, 0.5) is 10.1 Å². The van der Waals surface area contributed by atoms with Gasteiger partial charge in [-0.2, -0.15) is 5.10 Å². The lowest BCUT2D eigenvalue weighted by molar-refractivity contribution is -0.148. The zero-order chi connectivity index (χ0) is 23.3. The van der Waals surface area contributed by atoms with Gasteiger partial charge >= 0.3 is 5.97 Å². The number of carbonyl (C=O) groups excluding carboxylic acids is 2. The topological polar surface area (TPSA) is 73.2 Å². The molecule has 1 aromatic heterocycles. The number of aromatic nitrogens is 2. The van der Waals surface area contributed by atoms with Gasteiger partial charge in [0.25, 0.3) is 5.91 Å². The second-order valence-corrected chi connectivity index (χ2v) is 7.72. The Balaban J connectivity index is 1.61. The Hall–Kier alpha value is -3.16. The summed E-state index contributed by atoms with van der Waals surface area (Å²) in [5.74, 6) is -1.87. The third-order valence-corrected chi connectivity index (χ3v) is 5.23. The second kappa shape index (κ2) is 10.4. The van der Waals surface area contributed by atoms with Crippen molar-refractivity contribution in [3.63, 3.8) is 0 Å². The van der Waals surface area contributed by atoms with Crippen molar-refractivity contribution in [2.24, 2.45) is 0 Å². The zero-order valence-electron chi connectivity index (χ0n) is 17.3. The van der Waals surface area contributed by atoms with Crippen LogP contribution in [0.3, 0.4) is 0 Å². The Morgan fingerprint density at radius 1 is 1.22 bits per heavy atom. The molecule has 0 radical (unpaired) electrons. The van der Waals surface area contributed by atoms with Crippen LogP contribution in [0.15, 0.2) is 54.6 Å². The number of nitrogens with one attached hydrogen (secondary N) is 1. The fourth-order valence-electron chi connectivity index (χ4n) is 2.86. The van der Waals surface area contributed by atoms with Gasteiger partial charge in [0.05, 0.1) is 22.9 Å². The molecule has 0 saturated carbocycles. The summed E-state index contributed by atoms with van der Waals surface area (Å²) in [6, 6.07) is 13.3. The number of rotatable bonds is 7. The molecule has 3 rings (SSSR count). The van der Waals surface area contributed by atoms with Gasteiger partial charge in [-0.3, -0.25) is 4.79 Å². The van der Waals surface area contributed by atoms with Crippen LogP contribution < -0.4 is 5.32 Å². The first kappa shape index (κ1) is 23.5. The molecule has 32 heavy (non-hydrogen) atoms. The first-order valence-corrected chi connectivity index (χ1v) is 10.4. The Kier molecular flexibility index (Phi) is 7.66. The predicted octanol–water partition coefficient (Wildman–Crippen LogP) is 5.27. The number of carbonyl (C=O) groups is 2. The number of benzene rings is 2. The van der Waals surface area contributed by atoms with E-state index < -0.39 is 23.8 Å². The van der Waals surface area contributed by atoms with E-state index in [1.165, 1.54) is 25.1 Å². The summed E-state index contributed by atoms with van der Waals surface area (Å²) in [7, 11) is 0. The highest BCUT2D eigenvalue weighted by Crippen LogP contribution is 2.24. The van der Waals surface area contributed by atoms with Crippen molar-refractivity contribution in [3.8, 4) is 0 Å². The van der Waals surface area contributed by atoms with E-state index in [4.69, 9.17) is 27.9 Å². The van der Waals surface area contributed by atoms with E-state index in [0.717, 1.165) is 17.7 Å². The van der Waals surface area contributed by atoms with Crippen molar-refractivity contribution in [2.45, 2.75) is 26.5 Å². The molecule has 0 bridgehead atoms. The summed E-state index contributed by atoms with van der Waals surface area (Å²) in [4.78, 5) is 24.4. The Morgan fingerprint density at radius 3 is 2.62 bits per heavy atom. The highest BCUT2D eigenvalue weighted by atomic mass is 35.5. The van der Waals surface area contributed by atoms with Crippen molar-refractivity contribution in [2.75, 3.05) is 5.32 Å². The van der Waals surface area contributed by atoms with E-state index in [9.17, 15) is 14.0 Å². The van der Waals surface area contributed by atoms with E-state index in [2.05, 4.69) is 10.4 Å². The van der Waals surface area contributed by atoms with Crippen LogP contribution >= 0.6 is 23.2 Å².